The molecule has 2 aromatic heterocycles. The molecule has 0 saturated heterocycles. The van der Waals surface area contributed by atoms with E-state index >= 15 is 0 Å². The Morgan fingerprint density at radius 3 is 2.83 bits per heavy atom. The molecule has 9 heteroatoms. The van der Waals surface area contributed by atoms with E-state index in [9.17, 15) is 9.59 Å². The first-order chi connectivity index (χ1) is 13.9. The average molecular weight is 435 g/mol. The summed E-state index contributed by atoms with van der Waals surface area (Å²) < 4.78 is 15.2. The molecule has 1 N–H and O–H groups in total. The first kappa shape index (κ1) is 21.0. The number of nitrogens with one attached hydrogen (secondary N) is 1. The van der Waals surface area contributed by atoms with Gasteiger partial charge in [-0.1, -0.05) is 23.7 Å². The minimum Gasteiger partial charge on any atom is -0.497 e. The number of H-pyrrole nitrogens is 1. The normalized spacial score (nSPS) is 11.7. The summed E-state index contributed by atoms with van der Waals surface area (Å²) in [7, 11) is 3.10. The molecule has 0 spiro atoms. The van der Waals surface area contributed by atoms with Crippen LogP contribution in [0.2, 0.25) is 0 Å². The van der Waals surface area contributed by atoms with Crippen molar-refractivity contribution in [2.45, 2.75) is 6.92 Å². The first-order valence-electron chi connectivity index (χ1n) is 8.65. The topological polar surface area (TPSA) is 90.5 Å². The second kappa shape index (κ2) is 9.21. The predicted octanol–water partition coefficient (Wildman–Crippen LogP) is 3.84. The van der Waals surface area contributed by atoms with Crippen molar-refractivity contribution in [3.8, 4) is 5.75 Å². The maximum Gasteiger partial charge on any atom is 0.348 e. The Labute approximate surface area is 175 Å². The standard InChI is InChI=1S/C20H19ClN2O5S/c1-11-15-18(24)22-17(14(21)10-12-5-4-6-13(9-12)27-3)23-19(15)29-16(11)20(25)28-8-7-26-2/h4-6,9-10H,7-8H2,1-3H3,(H,22,23,24)/b14-10-. The van der Waals surface area contributed by atoms with Crippen molar-refractivity contribution < 1.29 is 19.0 Å². The Kier molecular flexibility index (Phi) is 6.68. The molecule has 0 saturated carbocycles. The fraction of sp³-hybridized carbons (Fsp3) is 0.250. The van der Waals surface area contributed by atoms with Gasteiger partial charge in [0.2, 0.25) is 0 Å². The van der Waals surface area contributed by atoms with Crippen LogP contribution in [0.3, 0.4) is 0 Å². The number of aryl methyl sites for hydroxylation is 1. The highest BCUT2D eigenvalue weighted by molar-refractivity contribution is 7.20. The monoisotopic (exact) mass is 434 g/mol. The van der Waals surface area contributed by atoms with Gasteiger partial charge in [-0.05, 0) is 36.3 Å². The molecule has 152 valence electrons. The lowest BCUT2D eigenvalue weighted by molar-refractivity contribution is 0.0393. The second-order valence-corrected chi connectivity index (χ2v) is 7.45. The Morgan fingerprint density at radius 1 is 1.31 bits per heavy atom. The van der Waals surface area contributed by atoms with E-state index in [1.54, 1.807) is 20.1 Å². The maximum atomic E-state index is 12.6. The number of aromatic nitrogens is 2. The van der Waals surface area contributed by atoms with E-state index in [1.165, 1.54) is 7.11 Å². The lowest BCUT2D eigenvalue weighted by atomic mass is 10.2. The van der Waals surface area contributed by atoms with Gasteiger partial charge in [-0.2, -0.15) is 0 Å². The van der Waals surface area contributed by atoms with Gasteiger partial charge in [0.15, 0.2) is 5.82 Å². The minimum atomic E-state index is -0.512. The molecule has 1 aromatic carbocycles. The SMILES string of the molecule is COCCOC(=O)c1sc2nc(/C(Cl)=C/c3cccc(OC)c3)[nH]c(=O)c2c1C. The van der Waals surface area contributed by atoms with Crippen molar-refractivity contribution in [2.75, 3.05) is 27.4 Å². The van der Waals surface area contributed by atoms with E-state index in [0.717, 1.165) is 16.9 Å². The summed E-state index contributed by atoms with van der Waals surface area (Å²) in [5.41, 5.74) is 0.953. The zero-order valence-corrected chi connectivity index (χ0v) is 17.6. The summed E-state index contributed by atoms with van der Waals surface area (Å²) in [5.74, 6) is 0.389. The molecule has 0 amide bonds. The molecule has 0 aliphatic heterocycles. The second-order valence-electron chi connectivity index (χ2n) is 6.05. The highest BCUT2D eigenvalue weighted by atomic mass is 35.5. The fourth-order valence-electron chi connectivity index (χ4n) is 2.68. The minimum absolute atomic E-state index is 0.132. The van der Waals surface area contributed by atoms with Gasteiger partial charge in [0.1, 0.15) is 22.1 Å². The molecule has 3 aromatic rings. The van der Waals surface area contributed by atoms with Crippen molar-refractivity contribution in [3.05, 3.63) is 56.4 Å². The number of esters is 1. The van der Waals surface area contributed by atoms with E-state index < -0.39 is 5.97 Å². The van der Waals surface area contributed by atoms with E-state index in [0.29, 0.717) is 33.0 Å². The van der Waals surface area contributed by atoms with Gasteiger partial charge in [0.05, 0.1) is 24.1 Å². The van der Waals surface area contributed by atoms with Crippen molar-refractivity contribution in [1.29, 1.82) is 0 Å². The van der Waals surface area contributed by atoms with Crippen LogP contribution >= 0.6 is 22.9 Å². The molecule has 0 atom stereocenters. The Balaban J connectivity index is 1.97. The van der Waals surface area contributed by atoms with E-state index in [4.69, 9.17) is 25.8 Å². The molecular weight excluding hydrogens is 416 g/mol. The number of nitrogens with zero attached hydrogens (tertiary/aromatic N) is 1. The van der Waals surface area contributed by atoms with Crippen LogP contribution < -0.4 is 10.3 Å². The number of rotatable bonds is 7. The van der Waals surface area contributed by atoms with E-state index in [1.807, 2.05) is 24.3 Å². The number of fused-ring (bicyclic) bond motifs is 1. The molecule has 3 rings (SSSR count). The van der Waals surface area contributed by atoms with Gasteiger partial charge in [-0.15, -0.1) is 11.3 Å². The zero-order chi connectivity index (χ0) is 21.0. The van der Waals surface area contributed by atoms with Crippen molar-refractivity contribution in [1.82, 2.24) is 9.97 Å². The van der Waals surface area contributed by atoms with Crippen LogP contribution in [0.4, 0.5) is 0 Å². The van der Waals surface area contributed by atoms with Crippen molar-refractivity contribution >= 4 is 50.2 Å². The van der Waals surface area contributed by atoms with Gasteiger partial charge in [0.25, 0.3) is 5.56 Å². The number of thiophene rings is 1. The Hall–Kier alpha value is -2.68. The van der Waals surface area contributed by atoms with Gasteiger partial charge in [-0.3, -0.25) is 4.79 Å². The summed E-state index contributed by atoms with van der Waals surface area (Å²) in [6, 6.07) is 7.31. The Morgan fingerprint density at radius 2 is 2.10 bits per heavy atom. The lowest BCUT2D eigenvalue weighted by Crippen LogP contribution is -2.11. The van der Waals surface area contributed by atoms with E-state index in [-0.39, 0.29) is 23.0 Å². The van der Waals surface area contributed by atoms with Gasteiger partial charge < -0.3 is 19.2 Å². The largest absolute Gasteiger partial charge is 0.497 e. The van der Waals surface area contributed by atoms with Crippen LogP contribution in [0, 0.1) is 6.92 Å². The first-order valence-corrected chi connectivity index (χ1v) is 9.85. The van der Waals surface area contributed by atoms with Crippen LogP contribution in [-0.2, 0) is 9.47 Å². The number of methoxy groups -OCH3 is 2. The molecule has 7 nitrogen and oxygen atoms in total. The molecule has 0 unspecified atom stereocenters. The maximum absolute atomic E-state index is 12.6. The molecule has 0 aliphatic rings. The van der Waals surface area contributed by atoms with Gasteiger partial charge >= 0.3 is 5.97 Å². The van der Waals surface area contributed by atoms with Gasteiger partial charge in [-0.25, -0.2) is 9.78 Å². The Bertz CT molecular complexity index is 1140. The van der Waals surface area contributed by atoms with Crippen LogP contribution in [0.5, 0.6) is 5.75 Å². The van der Waals surface area contributed by atoms with Crippen molar-refractivity contribution in [3.63, 3.8) is 0 Å². The van der Waals surface area contributed by atoms with Crippen LogP contribution in [0.1, 0.15) is 26.6 Å². The summed E-state index contributed by atoms with van der Waals surface area (Å²) in [6.45, 7) is 2.12. The van der Waals surface area contributed by atoms with Crippen LogP contribution in [-0.4, -0.2) is 43.4 Å². The smallest absolute Gasteiger partial charge is 0.348 e. The summed E-state index contributed by atoms with van der Waals surface area (Å²) >= 11 is 7.48. The third-order valence-corrected chi connectivity index (χ3v) is 5.57. The van der Waals surface area contributed by atoms with Crippen LogP contribution in [0.25, 0.3) is 21.3 Å². The van der Waals surface area contributed by atoms with E-state index in [2.05, 4.69) is 9.97 Å². The summed E-state index contributed by atoms with van der Waals surface area (Å²) in [4.78, 5) is 32.8. The number of benzene rings is 1. The fourth-order valence-corrected chi connectivity index (χ4v) is 3.97. The van der Waals surface area contributed by atoms with Crippen LogP contribution in [0.15, 0.2) is 29.1 Å². The molecule has 0 fully saturated rings. The van der Waals surface area contributed by atoms with Crippen molar-refractivity contribution in [2.24, 2.45) is 0 Å². The molecule has 29 heavy (non-hydrogen) atoms. The number of carbonyl (C=O) groups excluding carboxylic acids is 1. The molecule has 0 aliphatic carbocycles. The summed E-state index contributed by atoms with van der Waals surface area (Å²) in [6.07, 6.45) is 1.68. The summed E-state index contributed by atoms with van der Waals surface area (Å²) in [5, 5.41) is 0.607. The number of aromatic amines is 1. The number of hydrogen-bond acceptors (Lipinski definition) is 7. The molecule has 0 bridgehead atoms. The molecule has 0 radical (unpaired) electrons. The highest BCUT2D eigenvalue weighted by Crippen LogP contribution is 2.29. The zero-order valence-electron chi connectivity index (χ0n) is 16.1. The number of halogens is 1. The third-order valence-electron chi connectivity index (χ3n) is 4.12. The number of carbonyl (C=O) groups is 1. The quantitative estimate of drug-likeness (QED) is 0.448. The number of hydrogen-bond donors (Lipinski definition) is 1. The lowest BCUT2D eigenvalue weighted by Gasteiger charge is -2.03. The highest BCUT2D eigenvalue weighted by Gasteiger charge is 2.21. The number of ether oxygens (including phenoxy) is 3. The third kappa shape index (κ3) is 4.67. The predicted molar refractivity (Wildman–Crippen MR) is 114 cm³/mol. The molecular formula is C20H19ClN2O5S. The van der Waals surface area contributed by atoms with Gasteiger partial charge in [0, 0.05) is 7.11 Å². The molecule has 2 heterocycles. The average Bonchev–Trinajstić information content (AvgIpc) is 3.05.